The number of aliphatic hydroxyl groups is 1. The van der Waals surface area contributed by atoms with Crippen molar-refractivity contribution in [2.45, 2.75) is 0 Å². The molecule has 0 fully saturated rings. The summed E-state index contributed by atoms with van der Waals surface area (Å²) >= 11 is 0. The Morgan fingerprint density at radius 1 is 1.25 bits per heavy atom. The van der Waals surface area contributed by atoms with Gasteiger partial charge in [-0.25, -0.2) is 12.1 Å². The fraction of sp³-hybridized carbons (Fsp3) is 0. The molecular formula is C12H11FeN2O-. The third-order valence-electron chi connectivity index (χ3n) is 1.69. The standard InChI is InChI=1S/C7H6N2O.C5H5.Fe/c8-9-5-7(10)6-3-1-2-4-6;1-2-4-5-3-1;/h1-5,10H;1-5H;/q;-1;. The molecule has 2 rings (SSSR count). The van der Waals surface area contributed by atoms with E-state index in [4.69, 9.17) is 10.6 Å². The van der Waals surface area contributed by atoms with Crippen LogP contribution in [-0.2, 0) is 17.1 Å². The maximum atomic E-state index is 9.02. The van der Waals surface area contributed by atoms with E-state index in [1.165, 1.54) is 0 Å². The Labute approximate surface area is 105 Å². The van der Waals surface area contributed by atoms with Crippen molar-refractivity contribution in [3.8, 4) is 0 Å². The summed E-state index contributed by atoms with van der Waals surface area (Å²) in [5.41, 5.74) is 8.67. The summed E-state index contributed by atoms with van der Waals surface area (Å²) in [6.45, 7) is 0. The molecule has 3 nitrogen and oxygen atoms in total. The minimum Gasteiger partial charge on any atom is -0.501 e. The van der Waals surface area contributed by atoms with Gasteiger partial charge in [0.25, 0.3) is 0 Å². The second-order valence-corrected chi connectivity index (χ2v) is 2.77. The molecule has 0 unspecified atom stereocenters. The van der Waals surface area contributed by atoms with Crippen LogP contribution in [0.15, 0.2) is 66.0 Å². The molecule has 0 heterocycles. The van der Waals surface area contributed by atoms with Gasteiger partial charge < -0.3 is 10.6 Å². The zero-order valence-corrected chi connectivity index (χ0v) is 9.57. The van der Waals surface area contributed by atoms with E-state index in [1.807, 2.05) is 30.3 Å². The van der Waals surface area contributed by atoms with Gasteiger partial charge in [0.05, 0.1) is 0 Å². The zero-order chi connectivity index (χ0) is 10.9. The van der Waals surface area contributed by atoms with E-state index in [2.05, 4.69) is 4.79 Å². The van der Waals surface area contributed by atoms with E-state index in [-0.39, 0.29) is 22.8 Å². The molecule has 0 aliphatic heterocycles. The van der Waals surface area contributed by atoms with Gasteiger partial charge in [-0.1, -0.05) is 24.3 Å². The molecule has 0 spiro atoms. The Balaban J connectivity index is 0.000000318. The van der Waals surface area contributed by atoms with Crippen LogP contribution in [0.5, 0.6) is 0 Å². The fourth-order valence-electron chi connectivity index (χ4n) is 0.995. The second kappa shape index (κ2) is 8.57. The summed E-state index contributed by atoms with van der Waals surface area (Å²) < 4.78 is 0. The number of nitrogens with zero attached hydrogens (tertiary/aromatic N) is 2. The number of rotatable bonds is 1. The van der Waals surface area contributed by atoms with Crippen molar-refractivity contribution < 1.29 is 27.0 Å². The van der Waals surface area contributed by atoms with Gasteiger partial charge >= 0.3 is 6.21 Å². The van der Waals surface area contributed by atoms with E-state index in [0.717, 1.165) is 6.21 Å². The van der Waals surface area contributed by atoms with E-state index in [0.29, 0.717) is 5.57 Å². The van der Waals surface area contributed by atoms with Crippen LogP contribution in [-0.4, -0.2) is 16.1 Å². The second-order valence-electron chi connectivity index (χ2n) is 2.77. The summed E-state index contributed by atoms with van der Waals surface area (Å²) in [5.74, 6) is -0.0347. The van der Waals surface area contributed by atoms with Crippen LogP contribution in [0.3, 0.4) is 0 Å². The van der Waals surface area contributed by atoms with Crippen molar-refractivity contribution in [2.24, 2.45) is 0 Å². The van der Waals surface area contributed by atoms with Gasteiger partial charge in [-0.15, -0.1) is 0 Å². The van der Waals surface area contributed by atoms with E-state index < -0.39 is 0 Å². The van der Waals surface area contributed by atoms with Crippen LogP contribution in [0, 0.1) is 0 Å². The first-order chi connectivity index (χ1) is 7.34. The quantitative estimate of drug-likeness (QED) is 0.206. The Hall–Kier alpha value is -1.73. The van der Waals surface area contributed by atoms with Crippen LogP contribution < -0.4 is 0 Å². The molecule has 0 amide bonds. The average molecular weight is 255 g/mol. The van der Waals surface area contributed by atoms with Crippen LogP contribution in [0.4, 0.5) is 0 Å². The minimum atomic E-state index is -0.0347. The predicted molar refractivity (Wildman–Crippen MR) is 59.7 cm³/mol. The maximum absolute atomic E-state index is 9.02. The molecule has 0 atom stereocenters. The van der Waals surface area contributed by atoms with Crippen molar-refractivity contribution >= 4 is 6.21 Å². The third-order valence-corrected chi connectivity index (χ3v) is 1.69. The van der Waals surface area contributed by atoms with Gasteiger partial charge in [0, 0.05) is 22.6 Å². The van der Waals surface area contributed by atoms with Gasteiger partial charge in [-0.3, -0.25) is 0 Å². The first-order valence-electron chi connectivity index (χ1n) is 4.46. The Morgan fingerprint density at radius 2 is 1.81 bits per heavy atom. The largest absolute Gasteiger partial charge is 0.501 e. The van der Waals surface area contributed by atoms with Gasteiger partial charge in [-0.2, -0.15) is 23.0 Å². The van der Waals surface area contributed by atoms with Crippen LogP contribution in [0.25, 0.3) is 5.53 Å². The Kier molecular flexibility index (Phi) is 7.64. The molecular weight excluding hydrogens is 244 g/mol. The number of hydrogen-bond donors (Lipinski definition) is 1. The van der Waals surface area contributed by atoms with E-state index >= 15 is 0 Å². The number of allylic oxidation sites excluding steroid dienone is 6. The first-order valence-corrected chi connectivity index (χ1v) is 4.46. The van der Waals surface area contributed by atoms with Crippen molar-refractivity contribution in [3.63, 3.8) is 0 Å². The van der Waals surface area contributed by atoms with Gasteiger partial charge in [0.15, 0.2) is 0 Å². The molecule has 0 aromatic heterocycles. The molecule has 0 saturated heterocycles. The van der Waals surface area contributed by atoms with Crippen molar-refractivity contribution in [1.29, 1.82) is 0 Å². The SMILES string of the molecule is [Fe].[N-]=[N+]=CC(O)=C1C=CC=C1.c1cc[cH-]c1. The van der Waals surface area contributed by atoms with E-state index in [1.54, 1.807) is 24.3 Å². The molecule has 1 aromatic rings. The first kappa shape index (κ1) is 14.3. The molecule has 1 aliphatic rings. The van der Waals surface area contributed by atoms with Crippen LogP contribution in [0.1, 0.15) is 0 Å². The molecule has 1 aliphatic carbocycles. The van der Waals surface area contributed by atoms with Crippen LogP contribution in [0.2, 0.25) is 0 Å². The molecule has 16 heavy (non-hydrogen) atoms. The molecule has 0 radical (unpaired) electrons. The number of hydrogen-bond acceptors (Lipinski definition) is 1. The van der Waals surface area contributed by atoms with Crippen molar-refractivity contribution in [1.82, 2.24) is 0 Å². The Bertz CT molecular complexity index is 393. The molecule has 1 N–H and O–H groups in total. The normalized spacial score (nSPS) is 10.9. The Morgan fingerprint density at radius 3 is 2.19 bits per heavy atom. The molecule has 84 valence electrons. The van der Waals surface area contributed by atoms with Gasteiger partial charge in [0.1, 0.15) is 0 Å². The molecule has 0 bridgehead atoms. The van der Waals surface area contributed by atoms with Crippen molar-refractivity contribution in [2.75, 3.05) is 0 Å². The van der Waals surface area contributed by atoms with Gasteiger partial charge in [-0.05, 0) is 0 Å². The third kappa shape index (κ3) is 5.22. The van der Waals surface area contributed by atoms with Gasteiger partial charge in [0.2, 0.25) is 5.76 Å². The molecule has 4 heteroatoms. The smallest absolute Gasteiger partial charge is 0.322 e. The zero-order valence-electron chi connectivity index (χ0n) is 8.47. The average Bonchev–Trinajstić information content (AvgIpc) is 2.95. The summed E-state index contributed by atoms with van der Waals surface area (Å²) in [6.07, 6.45) is 8.00. The topological polar surface area (TPSA) is 56.6 Å². The van der Waals surface area contributed by atoms with Crippen LogP contribution >= 0.6 is 0 Å². The fourth-order valence-corrected chi connectivity index (χ4v) is 0.995. The predicted octanol–water partition coefficient (Wildman–Crippen LogP) is 2.63. The number of aliphatic hydroxyl groups excluding tert-OH is 1. The summed E-state index contributed by atoms with van der Waals surface area (Å²) in [6, 6.07) is 10.0. The summed E-state index contributed by atoms with van der Waals surface area (Å²) in [7, 11) is 0. The minimum absolute atomic E-state index is 0. The molecule has 0 saturated carbocycles. The maximum Gasteiger partial charge on any atom is 0.322 e. The molecule has 1 aromatic carbocycles. The van der Waals surface area contributed by atoms with Crippen molar-refractivity contribution in [3.05, 3.63) is 71.5 Å². The monoisotopic (exact) mass is 255 g/mol. The summed E-state index contributed by atoms with van der Waals surface area (Å²) in [5, 5.41) is 9.02. The van der Waals surface area contributed by atoms with E-state index in [9.17, 15) is 0 Å². The summed E-state index contributed by atoms with van der Waals surface area (Å²) in [4.78, 5) is 2.68.